The quantitative estimate of drug-likeness (QED) is 0.819. The molecule has 0 bridgehead atoms. The van der Waals surface area contributed by atoms with Gasteiger partial charge in [-0.25, -0.2) is 0 Å². The number of rotatable bonds is 3. The molecule has 0 aromatic heterocycles. The van der Waals surface area contributed by atoms with E-state index in [-0.39, 0.29) is 11.6 Å². The van der Waals surface area contributed by atoms with Gasteiger partial charge in [-0.1, -0.05) is 37.1 Å². The van der Waals surface area contributed by atoms with E-state index in [2.05, 4.69) is 18.3 Å². The van der Waals surface area contributed by atoms with Crippen molar-refractivity contribution < 1.29 is 5.11 Å². The van der Waals surface area contributed by atoms with Crippen LogP contribution < -0.4 is 5.32 Å². The maximum Gasteiger partial charge on any atom is 0.0973 e. The molecule has 0 spiro atoms. The zero-order chi connectivity index (χ0) is 11.6. The molecule has 2 rings (SSSR count). The van der Waals surface area contributed by atoms with Gasteiger partial charge in [-0.2, -0.15) is 0 Å². The molecule has 2 heteroatoms. The predicted molar refractivity (Wildman–Crippen MR) is 66.4 cm³/mol. The van der Waals surface area contributed by atoms with E-state index in [4.69, 9.17) is 0 Å². The molecule has 1 aromatic carbocycles. The number of aliphatic hydroxyl groups is 1. The molecule has 0 radical (unpaired) electrons. The Kier molecular flexibility index (Phi) is 3.31. The monoisotopic (exact) mass is 219 g/mol. The van der Waals surface area contributed by atoms with Gasteiger partial charge in [0.2, 0.25) is 0 Å². The summed E-state index contributed by atoms with van der Waals surface area (Å²) in [5.41, 5.74) is 2.14. The van der Waals surface area contributed by atoms with Crippen molar-refractivity contribution in [2.45, 2.75) is 44.2 Å². The minimum atomic E-state index is -0.388. The Balaban J connectivity index is 2.30. The second-order valence-electron chi connectivity index (χ2n) is 4.87. The van der Waals surface area contributed by atoms with E-state index in [1.807, 2.05) is 25.2 Å². The zero-order valence-corrected chi connectivity index (χ0v) is 10.2. The molecule has 1 saturated carbocycles. The van der Waals surface area contributed by atoms with Gasteiger partial charge < -0.3 is 10.4 Å². The van der Waals surface area contributed by atoms with Crippen molar-refractivity contribution in [3.8, 4) is 0 Å². The molecule has 16 heavy (non-hydrogen) atoms. The van der Waals surface area contributed by atoms with Gasteiger partial charge in [0.1, 0.15) is 0 Å². The highest BCUT2D eigenvalue weighted by Crippen LogP contribution is 2.40. The van der Waals surface area contributed by atoms with Crippen LogP contribution in [0, 0.1) is 6.92 Å². The van der Waals surface area contributed by atoms with Crippen LogP contribution in [0.2, 0.25) is 0 Å². The SMILES string of the molecule is CNC1(C(O)c2ccccc2C)CCCC1. The smallest absolute Gasteiger partial charge is 0.0973 e. The third kappa shape index (κ3) is 1.87. The molecule has 0 saturated heterocycles. The number of hydrogen-bond donors (Lipinski definition) is 2. The Morgan fingerprint density at radius 1 is 1.25 bits per heavy atom. The van der Waals surface area contributed by atoms with Crippen LogP contribution in [0.25, 0.3) is 0 Å². The van der Waals surface area contributed by atoms with E-state index in [0.717, 1.165) is 18.4 Å². The number of hydrogen-bond acceptors (Lipinski definition) is 2. The molecule has 2 N–H and O–H groups in total. The summed E-state index contributed by atoms with van der Waals surface area (Å²) in [6, 6.07) is 8.13. The number of benzene rings is 1. The summed E-state index contributed by atoms with van der Waals surface area (Å²) in [5.74, 6) is 0. The second kappa shape index (κ2) is 4.56. The van der Waals surface area contributed by atoms with Gasteiger partial charge in [-0.3, -0.25) is 0 Å². The number of aryl methyl sites for hydroxylation is 1. The van der Waals surface area contributed by atoms with Crippen molar-refractivity contribution in [1.82, 2.24) is 5.32 Å². The summed E-state index contributed by atoms with van der Waals surface area (Å²) in [4.78, 5) is 0. The summed E-state index contributed by atoms with van der Waals surface area (Å²) in [6.07, 6.45) is 4.17. The van der Waals surface area contributed by atoms with Crippen molar-refractivity contribution in [2.24, 2.45) is 0 Å². The van der Waals surface area contributed by atoms with Crippen molar-refractivity contribution in [2.75, 3.05) is 7.05 Å². The van der Waals surface area contributed by atoms with Gasteiger partial charge >= 0.3 is 0 Å². The normalized spacial score (nSPS) is 20.9. The Bertz CT molecular complexity index is 356. The highest BCUT2D eigenvalue weighted by atomic mass is 16.3. The average molecular weight is 219 g/mol. The first-order chi connectivity index (χ1) is 7.69. The lowest BCUT2D eigenvalue weighted by molar-refractivity contribution is 0.0662. The van der Waals surface area contributed by atoms with Gasteiger partial charge in [0.25, 0.3) is 0 Å². The lowest BCUT2D eigenvalue weighted by atomic mass is 9.84. The van der Waals surface area contributed by atoms with Gasteiger partial charge in [0.15, 0.2) is 0 Å². The highest BCUT2D eigenvalue weighted by Gasteiger charge is 2.40. The third-order valence-corrected chi connectivity index (χ3v) is 4.00. The second-order valence-corrected chi connectivity index (χ2v) is 4.87. The molecule has 1 aliphatic rings. The molecular formula is C14H21NO. The number of nitrogens with one attached hydrogen (secondary N) is 1. The van der Waals surface area contributed by atoms with Crippen LogP contribution in [0.3, 0.4) is 0 Å². The minimum Gasteiger partial charge on any atom is -0.386 e. The summed E-state index contributed by atoms with van der Waals surface area (Å²) in [6.45, 7) is 2.07. The lowest BCUT2D eigenvalue weighted by Gasteiger charge is -2.35. The molecule has 1 atom stereocenters. The molecule has 0 aliphatic heterocycles. The largest absolute Gasteiger partial charge is 0.386 e. The first kappa shape index (κ1) is 11.6. The molecule has 1 aliphatic carbocycles. The summed E-state index contributed by atoms with van der Waals surface area (Å²) in [7, 11) is 1.97. The number of aliphatic hydroxyl groups excluding tert-OH is 1. The van der Waals surface area contributed by atoms with Gasteiger partial charge in [0, 0.05) is 5.54 Å². The Morgan fingerprint density at radius 2 is 1.88 bits per heavy atom. The summed E-state index contributed by atoms with van der Waals surface area (Å²) < 4.78 is 0. The van der Waals surface area contributed by atoms with Crippen LogP contribution in [0.1, 0.15) is 42.9 Å². The molecule has 88 valence electrons. The van der Waals surface area contributed by atoms with Crippen molar-refractivity contribution in [1.29, 1.82) is 0 Å². The van der Waals surface area contributed by atoms with E-state index >= 15 is 0 Å². The standard InChI is InChI=1S/C14H21NO/c1-11-7-3-4-8-12(11)13(16)14(15-2)9-5-6-10-14/h3-4,7-8,13,15-16H,5-6,9-10H2,1-2H3. The fourth-order valence-corrected chi connectivity index (χ4v) is 2.86. The molecular weight excluding hydrogens is 198 g/mol. The highest BCUT2D eigenvalue weighted by molar-refractivity contribution is 5.30. The lowest BCUT2D eigenvalue weighted by Crippen LogP contribution is -2.46. The summed E-state index contributed by atoms with van der Waals surface area (Å²) >= 11 is 0. The fourth-order valence-electron chi connectivity index (χ4n) is 2.86. The van der Waals surface area contributed by atoms with Crippen molar-refractivity contribution >= 4 is 0 Å². The van der Waals surface area contributed by atoms with Gasteiger partial charge in [-0.05, 0) is 37.9 Å². The van der Waals surface area contributed by atoms with Crippen molar-refractivity contribution in [3.05, 3.63) is 35.4 Å². The van der Waals surface area contributed by atoms with Crippen LogP contribution in [0.5, 0.6) is 0 Å². The zero-order valence-electron chi connectivity index (χ0n) is 10.2. The van der Waals surface area contributed by atoms with Crippen LogP contribution in [-0.2, 0) is 0 Å². The predicted octanol–water partition coefficient (Wildman–Crippen LogP) is 2.56. The summed E-state index contributed by atoms with van der Waals surface area (Å²) in [5, 5.41) is 13.9. The van der Waals surface area contributed by atoms with Crippen LogP contribution >= 0.6 is 0 Å². The fraction of sp³-hybridized carbons (Fsp3) is 0.571. The Morgan fingerprint density at radius 3 is 2.44 bits per heavy atom. The topological polar surface area (TPSA) is 32.3 Å². The molecule has 1 unspecified atom stereocenters. The van der Waals surface area contributed by atoms with Crippen LogP contribution in [0.4, 0.5) is 0 Å². The van der Waals surface area contributed by atoms with E-state index in [0.29, 0.717) is 0 Å². The molecule has 0 heterocycles. The van der Waals surface area contributed by atoms with Gasteiger partial charge in [0.05, 0.1) is 6.10 Å². The van der Waals surface area contributed by atoms with Crippen molar-refractivity contribution in [3.63, 3.8) is 0 Å². The number of likely N-dealkylation sites (N-methyl/N-ethyl adjacent to an activating group) is 1. The van der Waals surface area contributed by atoms with E-state index in [1.165, 1.54) is 18.4 Å². The molecule has 0 amide bonds. The van der Waals surface area contributed by atoms with Crippen LogP contribution in [0.15, 0.2) is 24.3 Å². The molecule has 2 nitrogen and oxygen atoms in total. The Labute approximate surface area is 97.7 Å². The van der Waals surface area contributed by atoms with Crippen LogP contribution in [-0.4, -0.2) is 17.7 Å². The van der Waals surface area contributed by atoms with Gasteiger partial charge in [-0.15, -0.1) is 0 Å². The first-order valence-corrected chi connectivity index (χ1v) is 6.12. The van der Waals surface area contributed by atoms with E-state index < -0.39 is 0 Å². The van der Waals surface area contributed by atoms with E-state index in [9.17, 15) is 5.11 Å². The maximum atomic E-state index is 10.6. The molecule has 1 aromatic rings. The first-order valence-electron chi connectivity index (χ1n) is 6.12. The minimum absolute atomic E-state index is 0.105. The maximum absolute atomic E-state index is 10.6. The Hall–Kier alpha value is -0.860. The third-order valence-electron chi connectivity index (χ3n) is 4.00. The average Bonchev–Trinajstić information content (AvgIpc) is 2.78. The van der Waals surface area contributed by atoms with E-state index in [1.54, 1.807) is 0 Å². The molecule has 1 fully saturated rings.